The first-order chi connectivity index (χ1) is 21.7. The van der Waals surface area contributed by atoms with E-state index >= 15 is 0 Å². The Kier molecular flexibility index (Phi) is 10.5. The average Bonchev–Trinajstić information content (AvgIpc) is 3.47. The van der Waals surface area contributed by atoms with Crippen LogP contribution in [0.25, 0.3) is 17.2 Å². The van der Waals surface area contributed by atoms with Crippen molar-refractivity contribution in [1.82, 2.24) is 0 Å². The molecule has 240 valence electrons. The maximum atomic E-state index is 14.0. The first-order valence-electron chi connectivity index (χ1n) is 15.8. The number of thioether (sulfide) groups is 1. The molecule has 1 aliphatic heterocycles. The normalized spacial score (nSPS) is 18.0. The van der Waals surface area contributed by atoms with Crippen LogP contribution < -0.4 is 9.47 Å². The zero-order valence-corrected chi connectivity index (χ0v) is 28.8. The van der Waals surface area contributed by atoms with Crippen LogP contribution in [0.15, 0.2) is 80.8 Å². The standard InChI is InChI=1S/C35H45N2O6SSi/c1-6-41-45(5,42-7-2)22-12-21-44-34-25(23-31-35(3,4)27-13-8-9-14-28(27)36(31)17-19-38)33(40)26(34)24-32-37(18-20-39)29-15-10-11-16-30(29)43-32/h8-11,13-16,23-24,38-39H,6-7,12,17-22H2,1-5H3/q+1. The zero-order chi connectivity index (χ0) is 32.2. The van der Waals surface area contributed by atoms with Crippen LogP contribution in [-0.2, 0) is 25.6 Å². The highest BCUT2D eigenvalue weighted by Crippen LogP contribution is 2.50. The van der Waals surface area contributed by atoms with Gasteiger partial charge < -0.3 is 28.4 Å². The van der Waals surface area contributed by atoms with Crippen molar-refractivity contribution in [2.45, 2.75) is 58.7 Å². The molecule has 0 amide bonds. The minimum absolute atomic E-state index is 0.000731. The van der Waals surface area contributed by atoms with Crippen LogP contribution in [0.3, 0.4) is 0 Å². The molecule has 2 N–H and O–H groups in total. The summed E-state index contributed by atoms with van der Waals surface area (Å²) < 4.78 is 20.2. The Hall–Kier alpha value is -2.99. The Morgan fingerprint density at radius 3 is 2.44 bits per heavy atom. The number of oxazole rings is 1. The van der Waals surface area contributed by atoms with Gasteiger partial charge in [0.2, 0.25) is 5.58 Å². The van der Waals surface area contributed by atoms with E-state index in [2.05, 4.69) is 37.4 Å². The molecule has 1 aromatic heterocycles. The third-order valence-corrected chi connectivity index (χ3v) is 12.8. The molecule has 8 nitrogen and oxygen atoms in total. The van der Waals surface area contributed by atoms with Gasteiger partial charge in [0.15, 0.2) is 12.3 Å². The molecule has 0 radical (unpaired) electrons. The van der Waals surface area contributed by atoms with Gasteiger partial charge in [0.1, 0.15) is 6.61 Å². The van der Waals surface area contributed by atoms with Crippen molar-refractivity contribution < 1.29 is 32.8 Å². The van der Waals surface area contributed by atoms with Crippen LogP contribution in [0.1, 0.15) is 45.6 Å². The molecule has 2 aliphatic rings. The second-order valence-electron chi connectivity index (χ2n) is 11.9. The molecule has 3 aromatic rings. The number of hydrogen-bond donors (Lipinski definition) is 2. The third-order valence-electron chi connectivity index (χ3n) is 8.53. The fraction of sp³-hybridized carbons (Fsp3) is 0.429. The number of fused-ring (bicyclic) bond motifs is 2. The summed E-state index contributed by atoms with van der Waals surface area (Å²) >= 11 is 1.68. The molecule has 0 unspecified atom stereocenters. The van der Waals surface area contributed by atoms with Gasteiger partial charge in [-0.2, -0.15) is 4.57 Å². The van der Waals surface area contributed by atoms with Gasteiger partial charge in [0.05, 0.1) is 12.7 Å². The number of carbonyl (C=O) groups excluding carboxylic acids is 1. The maximum Gasteiger partial charge on any atom is 0.374 e. The Bertz CT molecular complexity index is 1640. The SMILES string of the molecule is CCO[Si](C)(CCCSC1=C(C=C2N(CCO)c3ccccc3C2(C)C)C(=O)C1=Cc1oc2ccccc2[n+]1CCO)OCC. The van der Waals surface area contributed by atoms with E-state index in [0.717, 1.165) is 40.0 Å². The first kappa shape index (κ1) is 33.4. The predicted octanol–water partition coefficient (Wildman–Crippen LogP) is 5.88. The van der Waals surface area contributed by atoms with Crippen LogP contribution in [0.5, 0.6) is 0 Å². The molecule has 45 heavy (non-hydrogen) atoms. The highest BCUT2D eigenvalue weighted by molar-refractivity contribution is 8.03. The average molecular weight is 650 g/mol. The van der Waals surface area contributed by atoms with Crippen LogP contribution in [0.2, 0.25) is 12.6 Å². The summed E-state index contributed by atoms with van der Waals surface area (Å²) in [5, 5.41) is 19.8. The molecule has 0 spiro atoms. The molecule has 0 saturated carbocycles. The van der Waals surface area contributed by atoms with Gasteiger partial charge in [-0.05, 0) is 62.4 Å². The number of Topliss-reactive ketones (excluding diaryl/α,β-unsaturated/α-hetero) is 1. The number of anilines is 1. The fourth-order valence-corrected chi connectivity index (χ4v) is 10.2. The number of benzene rings is 2. The van der Waals surface area contributed by atoms with Crippen molar-refractivity contribution in [2.24, 2.45) is 0 Å². The summed E-state index contributed by atoms with van der Waals surface area (Å²) in [4.78, 5) is 17.0. The van der Waals surface area contributed by atoms with E-state index in [4.69, 9.17) is 13.3 Å². The van der Waals surface area contributed by atoms with Crippen molar-refractivity contribution in [2.75, 3.05) is 43.6 Å². The van der Waals surface area contributed by atoms with Gasteiger partial charge in [-0.3, -0.25) is 4.79 Å². The minimum atomic E-state index is -2.26. The quantitative estimate of drug-likeness (QED) is 0.0913. The smallest absolute Gasteiger partial charge is 0.374 e. The topological polar surface area (TPSA) is 96.3 Å². The van der Waals surface area contributed by atoms with Gasteiger partial charge in [0.25, 0.3) is 5.52 Å². The van der Waals surface area contributed by atoms with E-state index in [1.165, 1.54) is 5.56 Å². The summed E-state index contributed by atoms with van der Waals surface area (Å²) in [6.45, 7) is 12.5. The lowest BCUT2D eigenvalue weighted by Gasteiger charge is -2.30. The summed E-state index contributed by atoms with van der Waals surface area (Å²) in [6.07, 6.45) is 4.74. The van der Waals surface area contributed by atoms with E-state index in [-0.39, 0.29) is 24.4 Å². The molecular formula is C35H45N2O6SSi+. The molecule has 0 bridgehead atoms. The monoisotopic (exact) mass is 649 g/mol. The Balaban J connectivity index is 1.54. The van der Waals surface area contributed by atoms with Crippen LogP contribution in [0.4, 0.5) is 5.69 Å². The molecule has 0 fully saturated rings. The molecule has 5 rings (SSSR count). The number of nitrogens with zero attached hydrogens (tertiary/aromatic N) is 2. The lowest BCUT2D eigenvalue weighted by molar-refractivity contribution is -0.679. The fourth-order valence-electron chi connectivity index (χ4n) is 6.41. The largest absolute Gasteiger partial charge is 0.398 e. The van der Waals surface area contributed by atoms with Crippen LogP contribution in [0, 0.1) is 0 Å². The molecular weight excluding hydrogens is 605 g/mol. The number of aromatic nitrogens is 1. The van der Waals surface area contributed by atoms with Gasteiger partial charge in [-0.1, -0.05) is 44.2 Å². The number of carbonyl (C=O) groups is 1. The second kappa shape index (κ2) is 14.2. The van der Waals surface area contributed by atoms with E-state index in [0.29, 0.717) is 48.9 Å². The van der Waals surface area contributed by atoms with E-state index in [1.54, 1.807) is 11.8 Å². The number of rotatable bonds is 15. The van der Waals surface area contributed by atoms with Crippen molar-refractivity contribution >= 4 is 49.0 Å². The van der Waals surface area contributed by atoms with E-state index < -0.39 is 8.56 Å². The summed E-state index contributed by atoms with van der Waals surface area (Å²) in [6, 6.07) is 16.8. The molecule has 1 aliphatic carbocycles. The number of β-amino-alcohol motifs (C(OH)–C–C–N with tert-alkyl or cyclic N) is 1. The second-order valence-corrected chi connectivity index (χ2v) is 16.4. The number of hydrogen-bond acceptors (Lipinski definition) is 8. The highest BCUT2D eigenvalue weighted by Gasteiger charge is 2.42. The minimum Gasteiger partial charge on any atom is -0.398 e. The van der Waals surface area contributed by atoms with Gasteiger partial charge >= 0.3 is 14.5 Å². The Labute approximate surface area is 271 Å². The Morgan fingerprint density at radius 2 is 1.73 bits per heavy atom. The van der Waals surface area contributed by atoms with Crippen molar-refractivity contribution in [3.63, 3.8) is 0 Å². The van der Waals surface area contributed by atoms with E-state index in [1.807, 2.05) is 67.0 Å². The zero-order valence-electron chi connectivity index (χ0n) is 27.0. The summed E-state index contributed by atoms with van der Waals surface area (Å²) in [7, 11) is -2.26. The molecule has 10 heteroatoms. The summed E-state index contributed by atoms with van der Waals surface area (Å²) in [5.41, 5.74) is 5.72. The maximum absolute atomic E-state index is 14.0. The lowest BCUT2D eigenvalue weighted by Crippen LogP contribution is -2.38. The number of ketones is 1. The number of aliphatic hydroxyl groups excluding tert-OH is 2. The lowest BCUT2D eigenvalue weighted by atomic mass is 9.81. The van der Waals surface area contributed by atoms with Gasteiger partial charge in [-0.25, -0.2) is 0 Å². The summed E-state index contributed by atoms with van der Waals surface area (Å²) in [5.74, 6) is 1.29. The van der Waals surface area contributed by atoms with Gasteiger partial charge in [-0.15, -0.1) is 11.8 Å². The van der Waals surface area contributed by atoms with Crippen molar-refractivity contribution in [3.05, 3.63) is 87.8 Å². The molecule has 2 heterocycles. The molecule has 0 saturated heterocycles. The van der Waals surface area contributed by atoms with Crippen molar-refractivity contribution in [1.29, 1.82) is 0 Å². The number of allylic oxidation sites excluding steroid dienone is 4. The third kappa shape index (κ3) is 6.63. The molecule has 0 atom stereocenters. The highest BCUT2D eigenvalue weighted by atomic mass is 32.2. The van der Waals surface area contributed by atoms with Gasteiger partial charge in [0, 0.05) is 58.7 Å². The Morgan fingerprint density at radius 1 is 1.02 bits per heavy atom. The molecule has 2 aromatic carbocycles. The van der Waals surface area contributed by atoms with Crippen LogP contribution >= 0.6 is 11.8 Å². The van der Waals surface area contributed by atoms with Crippen molar-refractivity contribution in [3.8, 4) is 0 Å². The predicted molar refractivity (Wildman–Crippen MR) is 182 cm³/mol. The van der Waals surface area contributed by atoms with Crippen LogP contribution in [-0.4, -0.2) is 63.3 Å². The number of aliphatic hydroxyl groups is 2. The first-order valence-corrected chi connectivity index (χ1v) is 19.3. The van der Waals surface area contributed by atoms with E-state index in [9.17, 15) is 15.0 Å². The number of para-hydroxylation sites is 3.